The minimum absolute atomic E-state index is 0.0639. The number of hydrogen-bond donors (Lipinski definition) is 1. The predicted molar refractivity (Wildman–Crippen MR) is 75.7 cm³/mol. The van der Waals surface area contributed by atoms with E-state index in [0.29, 0.717) is 17.7 Å². The van der Waals surface area contributed by atoms with Crippen LogP contribution in [0.5, 0.6) is 11.5 Å². The summed E-state index contributed by atoms with van der Waals surface area (Å²) in [6.07, 6.45) is -4.64. The summed E-state index contributed by atoms with van der Waals surface area (Å²) in [6, 6.07) is 9.98. The molecule has 2 aromatic carbocycles. The van der Waals surface area contributed by atoms with Gasteiger partial charge in [-0.05, 0) is 17.7 Å². The molecule has 7 heteroatoms. The minimum atomic E-state index is -4.64. The van der Waals surface area contributed by atoms with Crippen LogP contribution in [0, 0.1) is 0 Å². The second kappa shape index (κ2) is 6.60. The molecule has 0 saturated heterocycles. The molecule has 0 aliphatic heterocycles. The molecule has 0 heterocycles. The molecular formula is C16H13F3O4. The van der Waals surface area contributed by atoms with Gasteiger partial charge in [-0.1, -0.05) is 30.3 Å². The number of alkyl halides is 3. The van der Waals surface area contributed by atoms with Crippen molar-refractivity contribution in [2.45, 2.75) is 12.8 Å². The summed E-state index contributed by atoms with van der Waals surface area (Å²) in [4.78, 5) is 11.3. The lowest BCUT2D eigenvalue weighted by Crippen LogP contribution is -2.11. The lowest BCUT2D eigenvalue weighted by molar-refractivity contribution is -0.137. The molecule has 0 radical (unpaired) electrons. The topological polar surface area (TPSA) is 55.8 Å². The van der Waals surface area contributed by atoms with Gasteiger partial charge in [-0.3, -0.25) is 0 Å². The van der Waals surface area contributed by atoms with Gasteiger partial charge in [-0.15, -0.1) is 0 Å². The third-order valence-electron chi connectivity index (χ3n) is 3.06. The summed E-state index contributed by atoms with van der Waals surface area (Å²) in [5.74, 6) is -2.23. The van der Waals surface area contributed by atoms with Crippen molar-refractivity contribution < 1.29 is 32.5 Å². The van der Waals surface area contributed by atoms with Crippen molar-refractivity contribution in [2.24, 2.45) is 0 Å². The number of methoxy groups -OCH3 is 1. The van der Waals surface area contributed by atoms with Gasteiger partial charge in [0.2, 0.25) is 0 Å². The van der Waals surface area contributed by atoms with E-state index < -0.39 is 34.8 Å². The maximum atomic E-state index is 12.9. The molecule has 0 bridgehead atoms. The predicted octanol–water partition coefficient (Wildman–Crippen LogP) is 3.99. The van der Waals surface area contributed by atoms with Crippen LogP contribution in [0.2, 0.25) is 0 Å². The van der Waals surface area contributed by atoms with Gasteiger partial charge in [-0.2, -0.15) is 13.2 Å². The molecular weight excluding hydrogens is 313 g/mol. The third kappa shape index (κ3) is 3.94. The van der Waals surface area contributed by atoms with Crippen LogP contribution in [0.1, 0.15) is 21.5 Å². The van der Waals surface area contributed by atoms with Crippen LogP contribution < -0.4 is 9.47 Å². The van der Waals surface area contributed by atoms with E-state index in [0.717, 1.165) is 7.11 Å². The van der Waals surface area contributed by atoms with Gasteiger partial charge in [0.05, 0.1) is 12.7 Å². The third-order valence-corrected chi connectivity index (χ3v) is 3.06. The van der Waals surface area contributed by atoms with Crippen LogP contribution in [0.25, 0.3) is 0 Å². The van der Waals surface area contributed by atoms with E-state index in [1.54, 1.807) is 30.3 Å². The molecule has 0 aliphatic rings. The quantitative estimate of drug-likeness (QED) is 0.902. The highest BCUT2D eigenvalue weighted by atomic mass is 19.4. The summed E-state index contributed by atoms with van der Waals surface area (Å²) < 4.78 is 48.8. The van der Waals surface area contributed by atoms with Gasteiger partial charge in [0.1, 0.15) is 23.7 Å². The fourth-order valence-electron chi connectivity index (χ4n) is 1.97. The number of ether oxygens (including phenoxy) is 2. The first kappa shape index (κ1) is 16.7. The van der Waals surface area contributed by atoms with Crippen LogP contribution in [-0.4, -0.2) is 18.2 Å². The van der Waals surface area contributed by atoms with Crippen molar-refractivity contribution >= 4 is 5.97 Å². The number of carbonyl (C=O) groups is 1. The Kier molecular flexibility index (Phi) is 4.78. The average molecular weight is 326 g/mol. The maximum Gasteiger partial charge on any atom is 0.416 e. The maximum absolute atomic E-state index is 12.9. The standard InChI is InChI=1S/C16H13F3O4/c1-22-12-7-11(16(17,18)19)8-13(14(12)15(20)21)23-9-10-5-3-2-4-6-10/h2-8H,9H2,1H3,(H,20,21). The number of aromatic carboxylic acids is 1. The van der Waals surface area contributed by atoms with Gasteiger partial charge in [0.25, 0.3) is 0 Å². The van der Waals surface area contributed by atoms with Crippen molar-refractivity contribution in [2.75, 3.05) is 7.11 Å². The molecule has 0 unspecified atom stereocenters. The minimum Gasteiger partial charge on any atom is -0.496 e. The number of carboxylic acid groups (broad SMARTS) is 1. The van der Waals surface area contributed by atoms with Gasteiger partial charge < -0.3 is 14.6 Å². The Bertz CT molecular complexity index is 696. The summed E-state index contributed by atoms with van der Waals surface area (Å²) in [7, 11) is 1.10. The molecule has 1 N–H and O–H groups in total. The lowest BCUT2D eigenvalue weighted by atomic mass is 10.1. The fraction of sp³-hybridized carbons (Fsp3) is 0.188. The van der Waals surface area contributed by atoms with E-state index in [2.05, 4.69) is 0 Å². The van der Waals surface area contributed by atoms with Gasteiger partial charge >= 0.3 is 12.1 Å². The van der Waals surface area contributed by atoms with E-state index in [1.807, 2.05) is 0 Å². The number of halogens is 3. The highest BCUT2D eigenvalue weighted by Crippen LogP contribution is 2.38. The zero-order valence-electron chi connectivity index (χ0n) is 12.1. The Labute approximate surface area is 130 Å². The van der Waals surface area contributed by atoms with E-state index in [1.165, 1.54) is 0 Å². The van der Waals surface area contributed by atoms with Gasteiger partial charge in [0.15, 0.2) is 0 Å². The lowest BCUT2D eigenvalue weighted by Gasteiger charge is -2.16. The second-order valence-corrected chi connectivity index (χ2v) is 4.63. The zero-order chi connectivity index (χ0) is 17.0. The Morgan fingerprint density at radius 2 is 1.74 bits per heavy atom. The van der Waals surface area contributed by atoms with E-state index in [4.69, 9.17) is 9.47 Å². The van der Waals surface area contributed by atoms with Crippen molar-refractivity contribution in [3.8, 4) is 11.5 Å². The fourth-order valence-corrected chi connectivity index (χ4v) is 1.97. The Morgan fingerprint density at radius 1 is 1.13 bits per heavy atom. The Hall–Kier alpha value is -2.70. The SMILES string of the molecule is COc1cc(C(F)(F)F)cc(OCc2ccccc2)c1C(=O)O. The van der Waals surface area contributed by atoms with E-state index in [-0.39, 0.29) is 6.61 Å². The highest BCUT2D eigenvalue weighted by molar-refractivity contribution is 5.94. The Morgan fingerprint density at radius 3 is 2.26 bits per heavy atom. The van der Waals surface area contributed by atoms with Crippen molar-refractivity contribution in [1.29, 1.82) is 0 Å². The van der Waals surface area contributed by atoms with Crippen molar-refractivity contribution in [1.82, 2.24) is 0 Å². The molecule has 0 fully saturated rings. The monoisotopic (exact) mass is 326 g/mol. The molecule has 122 valence electrons. The van der Waals surface area contributed by atoms with Gasteiger partial charge in [0, 0.05) is 0 Å². The molecule has 0 aliphatic carbocycles. The van der Waals surface area contributed by atoms with Crippen molar-refractivity contribution in [3.05, 3.63) is 59.2 Å². The second-order valence-electron chi connectivity index (χ2n) is 4.63. The average Bonchev–Trinajstić information content (AvgIpc) is 2.51. The molecule has 0 saturated carbocycles. The highest BCUT2D eigenvalue weighted by Gasteiger charge is 2.34. The van der Waals surface area contributed by atoms with Crippen LogP contribution in [0.15, 0.2) is 42.5 Å². The number of carboxylic acids is 1. The molecule has 23 heavy (non-hydrogen) atoms. The smallest absolute Gasteiger partial charge is 0.416 e. The summed E-state index contributed by atoms with van der Waals surface area (Å²) >= 11 is 0. The normalized spacial score (nSPS) is 11.1. The first-order valence-electron chi connectivity index (χ1n) is 6.52. The summed E-state index contributed by atoms with van der Waals surface area (Å²) in [5.41, 5.74) is -0.793. The molecule has 0 aromatic heterocycles. The Balaban J connectivity index is 2.43. The van der Waals surface area contributed by atoms with Crippen LogP contribution >= 0.6 is 0 Å². The van der Waals surface area contributed by atoms with E-state index >= 15 is 0 Å². The molecule has 2 rings (SSSR count). The first-order valence-corrected chi connectivity index (χ1v) is 6.52. The number of benzene rings is 2. The van der Waals surface area contributed by atoms with Crippen molar-refractivity contribution in [3.63, 3.8) is 0 Å². The molecule has 0 atom stereocenters. The largest absolute Gasteiger partial charge is 0.496 e. The summed E-state index contributed by atoms with van der Waals surface area (Å²) in [6.45, 7) is -0.0639. The molecule has 0 spiro atoms. The van der Waals surface area contributed by atoms with Gasteiger partial charge in [-0.25, -0.2) is 4.79 Å². The first-order chi connectivity index (χ1) is 10.8. The summed E-state index contributed by atoms with van der Waals surface area (Å²) in [5, 5.41) is 9.23. The zero-order valence-corrected chi connectivity index (χ0v) is 12.1. The van der Waals surface area contributed by atoms with Crippen LogP contribution in [0.4, 0.5) is 13.2 Å². The molecule has 2 aromatic rings. The van der Waals surface area contributed by atoms with Crippen LogP contribution in [0.3, 0.4) is 0 Å². The van der Waals surface area contributed by atoms with Crippen LogP contribution in [-0.2, 0) is 12.8 Å². The number of hydrogen-bond acceptors (Lipinski definition) is 3. The van der Waals surface area contributed by atoms with E-state index in [9.17, 15) is 23.1 Å². The molecule has 0 amide bonds. The number of rotatable bonds is 5. The molecule has 4 nitrogen and oxygen atoms in total.